The number of halogens is 2. The molecule has 0 spiro atoms. The zero-order valence-electron chi connectivity index (χ0n) is 22.9. The van der Waals surface area contributed by atoms with Crippen LogP contribution in [0.4, 0.5) is 13.6 Å². The van der Waals surface area contributed by atoms with E-state index in [-0.39, 0.29) is 24.0 Å². The molecule has 1 unspecified atom stereocenters. The number of hydrogen-bond donors (Lipinski definition) is 2. The molecule has 1 aliphatic rings. The summed E-state index contributed by atoms with van der Waals surface area (Å²) in [5.41, 5.74) is 5.52. The predicted molar refractivity (Wildman–Crippen MR) is 150 cm³/mol. The molecule has 1 saturated heterocycles. The molecule has 2 aromatic heterocycles. The number of aromatic nitrogens is 4. The van der Waals surface area contributed by atoms with Crippen molar-refractivity contribution < 1.29 is 23.4 Å². The molecule has 0 saturated carbocycles. The molecule has 5 rings (SSSR count). The average molecular weight is 594 g/mol. The Bertz CT molecular complexity index is 1620. The highest BCUT2D eigenvalue weighted by Crippen LogP contribution is 2.41. The number of aliphatic hydroxyl groups is 1. The Balaban J connectivity index is 1.41. The summed E-state index contributed by atoms with van der Waals surface area (Å²) in [7, 11) is 0. The molecule has 0 bridgehead atoms. The van der Waals surface area contributed by atoms with Crippen molar-refractivity contribution in [3.63, 3.8) is 0 Å². The highest BCUT2D eigenvalue weighted by atomic mass is 32.1. The number of likely N-dealkylation sites (tertiary alicyclic amines) is 1. The molecule has 1 amide bonds. The zero-order chi connectivity index (χ0) is 30.0. The number of hydrogen-bond acceptors (Lipinski definition) is 9. The summed E-state index contributed by atoms with van der Waals surface area (Å²) in [6.45, 7) is 3.90. The maximum Gasteiger partial charge on any atom is 0.410 e. The van der Waals surface area contributed by atoms with Gasteiger partial charge in [-0.2, -0.15) is 10.4 Å². The van der Waals surface area contributed by atoms with Gasteiger partial charge in [0.05, 0.1) is 28.9 Å². The summed E-state index contributed by atoms with van der Waals surface area (Å²) in [5.74, 6) is -2.14. The number of carbonyl (C=O) groups is 1. The molecular weight excluding hydrogens is 564 g/mol. The third-order valence-corrected chi connectivity index (χ3v) is 8.42. The van der Waals surface area contributed by atoms with Gasteiger partial charge in [-0.25, -0.2) is 28.2 Å². The van der Waals surface area contributed by atoms with Crippen LogP contribution in [-0.2, 0) is 16.9 Å². The first-order valence-electron chi connectivity index (χ1n) is 13.3. The van der Waals surface area contributed by atoms with Gasteiger partial charge in [0.15, 0.2) is 11.9 Å². The van der Waals surface area contributed by atoms with E-state index in [2.05, 4.69) is 21.1 Å². The van der Waals surface area contributed by atoms with E-state index in [1.165, 1.54) is 27.2 Å². The summed E-state index contributed by atoms with van der Waals surface area (Å²) >= 11 is 1.26. The van der Waals surface area contributed by atoms with Crippen LogP contribution in [0.15, 0.2) is 54.2 Å². The molecule has 2 aromatic carbocycles. The van der Waals surface area contributed by atoms with E-state index in [0.29, 0.717) is 35.8 Å². The quantitative estimate of drug-likeness (QED) is 0.305. The summed E-state index contributed by atoms with van der Waals surface area (Å²) in [6, 6.07) is 11.8. The van der Waals surface area contributed by atoms with Crippen LogP contribution >= 0.6 is 11.3 Å². The number of amides is 1. The van der Waals surface area contributed by atoms with E-state index < -0.39 is 35.4 Å². The van der Waals surface area contributed by atoms with Gasteiger partial charge in [-0.3, -0.25) is 0 Å². The minimum absolute atomic E-state index is 0.0916. The second-order valence-electron chi connectivity index (χ2n) is 10.4. The average Bonchev–Trinajstić information content (AvgIpc) is 3.75. The van der Waals surface area contributed by atoms with Crippen molar-refractivity contribution in [1.29, 1.82) is 5.26 Å². The number of nitriles is 1. The van der Waals surface area contributed by atoms with Gasteiger partial charge in [-0.05, 0) is 43.7 Å². The third kappa shape index (κ3) is 6.01. The number of carbonyl (C=O) groups excluding carboxylic acids is 1. The van der Waals surface area contributed by atoms with Gasteiger partial charge in [-0.15, -0.1) is 11.3 Å². The second-order valence-corrected chi connectivity index (χ2v) is 11.2. The smallest absolute Gasteiger partial charge is 0.410 e. The summed E-state index contributed by atoms with van der Waals surface area (Å²) in [6.07, 6.45) is 0.698. The predicted octanol–water partition coefficient (Wildman–Crippen LogP) is 4.47. The molecular formula is C29H29F2N7O3S. The van der Waals surface area contributed by atoms with Crippen molar-refractivity contribution in [3.05, 3.63) is 87.8 Å². The Labute approximate surface area is 245 Å². The molecule has 13 heteroatoms. The zero-order valence-corrected chi connectivity index (χ0v) is 23.8. The van der Waals surface area contributed by atoms with Gasteiger partial charge >= 0.3 is 6.09 Å². The van der Waals surface area contributed by atoms with Gasteiger partial charge in [0.25, 0.3) is 0 Å². The molecule has 218 valence electrons. The topological polar surface area (TPSA) is 143 Å². The van der Waals surface area contributed by atoms with Crippen LogP contribution in [0, 0.1) is 23.0 Å². The first-order valence-corrected chi connectivity index (χ1v) is 14.2. The molecule has 10 nitrogen and oxygen atoms in total. The normalized spacial score (nSPS) is 17.8. The number of ether oxygens (including phenoxy) is 1. The van der Waals surface area contributed by atoms with E-state index in [9.17, 15) is 14.3 Å². The fourth-order valence-electron chi connectivity index (χ4n) is 4.87. The first-order chi connectivity index (χ1) is 20.1. The van der Waals surface area contributed by atoms with Crippen molar-refractivity contribution in [2.45, 2.75) is 50.5 Å². The lowest BCUT2D eigenvalue weighted by Gasteiger charge is -2.33. The van der Waals surface area contributed by atoms with Gasteiger partial charge in [0, 0.05) is 41.6 Å². The molecule has 3 N–H and O–H groups in total. The van der Waals surface area contributed by atoms with Crippen molar-refractivity contribution in [2.75, 3.05) is 13.1 Å². The number of nitrogens with zero attached hydrogens (tertiary/aromatic N) is 6. The van der Waals surface area contributed by atoms with Crippen LogP contribution < -0.4 is 5.73 Å². The largest absolute Gasteiger partial charge is 0.438 e. The number of thiazole rings is 1. The Kier molecular flexibility index (Phi) is 8.31. The Morgan fingerprint density at radius 1 is 1.29 bits per heavy atom. The van der Waals surface area contributed by atoms with Crippen LogP contribution in [0.25, 0.3) is 11.3 Å². The maximum absolute atomic E-state index is 15.2. The standard InChI is InChI=1S/C29H29F2N7O3S/c1-17(27-35-25(14-42-27)20-5-3-19(12-32)4-6-20)29(40,23-11-21(30)7-8-24(23)31)15-38-16-34-26(36-38)18(2)41-28(39)37-10-9-22(33)13-37/h3-8,11,14,16-18,22,40H,9-10,13,15,33H2,1-2H3/t17-,18?,22-,29+/m0/s1. The number of benzene rings is 2. The fourth-order valence-corrected chi connectivity index (χ4v) is 5.84. The first kappa shape index (κ1) is 29.2. The van der Waals surface area contributed by atoms with Crippen LogP contribution in [0.1, 0.15) is 54.2 Å². The lowest BCUT2D eigenvalue weighted by Crippen LogP contribution is -2.38. The Morgan fingerprint density at radius 2 is 2.05 bits per heavy atom. The summed E-state index contributed by atoms with van der Waals surface area (Å²) < 4.78 is 36.3. The monoisotopic (exact) mass is 593 g/mol. The van der Waals surface area contributed by atoms with Gasteiger partial charge in [-0.1, -0.05) is 19.1 Å². The van der Waals surface area contributed by atoms with Crippen molar-refractivity contribution in [2.24, 2.45) is 5.73 Å². The Hall–Kier alpha value is -4.25. The third-order valence-electron chi connectivity index (χ3n) is 7.39. The van der Waals surface area contributed by atoms with Crippen LogP contribution in [0.3, 0.4) is 0 Å². The SMILES string of the molecule is CC(OC(=O)N1CC[C@H](N)C1)c1ncn(C[C@](O)(c2cc(F)ccc2F)[C@@H](C)c2nc(-c3ccc(C#N)cc3)cs2)n1. The molecule has 0 radical (unpaired) electrons. The van der Waals surface area contributed by atoms with Gasteiger partial charge < -0.3 is 20.5 Å². The number of nitrogens with two attached hydrogens (primary N) is 1. The molecule has 4 atom stereocenters. The molecule has 1 aliphatic heterocycles. The van der Waals surface area contributed by atoms with E-state index in [0.717, 1.165) is 23.8 Å². The highest BCUT2D eigenvalue weighted by Gasteiger charge is 2.42. The van der Waals surface area contributed by atoms with Crippen molar-refractivity contribution in [1.82, 2.24) is 24.6 Å². The minimum atomic E-state index is -2.00. The molecule has 1 fully saturated rings. The van der Waals surface area contributed by atoms with Crippen LogP contribution in [0.2, 0.25) is 0 Å². The van der Waals surface area contributed by atoms with E-state index >= 15 is 4.39 Å². The van der Waals surface area contributed by atoms with Crippen molar-refractivity contribution >= 4 is 17.4 Å². The van der Waals surface area contributed by atoms with Crippen LogP contribution in [0.5, 0.6) is 0 Å². The van der Waals surface area contributed by atoms with Gasteiger partial charge in [0.1, 0.15) is 23.6 Å². The molecule has 4 aromatic rings. The maximum atomic E-state index is 15.2. The Morgan fingerprint density at radius 3 is 2.74 bits per heavy atom. The van der Waals surface area contributed by atoms with E-state index in [1.54, 1.807) is 43.5 Å². The van der Waals surface area contributed by atoms with E-state index in [1.807, 2.05) is 0 Å². The highest BCUT2D eigenvalue weighted by molar-refractivity contribution is 7.10. The lowest BCUT2D eigenvalue weighted by molar-refractivity contribution is -0.0117. The number of rotatable bonds is 8. The fraction of sp³-hybridized carbons (Fsp3) is 0.345. The van der Waals surface area contributed by atoms with Gasteiger partial charge in [0.2, 0.25) is 0 Å². The lowest BCUT2D eigenvalue weighted by atomic mass is 9.82. The second kappa shape index (κ2) is 11.9. The van der Waals surface area contributed by atoms with E-state index in [4.69, 9.17) is 15.7 Å². The summed E-state index contributed by atoms with van der Waals surface area (Å²) in [4.78, 5) is 22.9. The minimum Gasteiger partial charge on any atom is -0.438 e. The van der Waals surface area contributed by atoms with Crippen molar-refractivity contribution in [3.8, 4) is 17.3 Å². The molecule has 3 heterocycles. The molecule has 42 heavy (non-hydrogen) atoms. The summed E-state index contributed by atoms with van der Waals surface area (Å²) in [5, 5.41) is 27.8. The van der Waals surface area contributed by atoms with Crippen LogP contribution in [-0.4, -0.2) is 55.0 Å². The molecule has 0 aliphatic carbocycles.